The average Bonchev–Trinajstić information content (AvgIpc) is 2.05. The zero-order valence-electron chi connectivity index (χ0n) is 7.80. The summed E-state index contributed by atoms with van der Waals surface area (Å²) in [6.45, 7) is -1.29. The molecule has 0 aliphatic rings. The zero-order chi connectivity index (χ0) is 10.2. The Morgan fingerprint density at radius 3 is 1.69 bits per heavy atom. The molecule has 2 nitrogen and oxygen atoms in total. The summed E-state index contributed by atoms with van der Waals surface area (Å²) in [6.07, 6.45) is 3.65. The normalized spacial score (nSPS) is 13.2. The first-order chi connectivity index (χ1) is 6.12. The van der Waals surface area contributed by atoms with E-state index in [0.29, 0.717) is 13.2 Å². The van der Waals surface area contributed by atoms with Gasteiger partial charge in [0, 0.05) is 14.2 Å². The second-order valence-electron chi connectivity index (χ2n) is 2.39. The van der Waals surface area contributed by atoms with Crippen LogP contribution in [0.5, 0.6) is 0 Å². The Labute approximate surface area is 89.5 Å². The van der Waals surface area contributed by atoms with Crippen molar-refractivity contribution < 1.29 is 9.47 Å². The van der Waals surface area contributed by atoms with Crippen molar-refractivity contribution in [2.75, 3.05) is 27.4 Å². The maximum atomic E-state index is 6.03. The van der Waals surface area contributed by atoms with Crippen LogP contribution in [-0.4, -0.2) is 34.1 Å². The van der Waals surface area contributed by atoms with Gasteiger partial charge < -0.3 is 9.47 Å². The maximum Gasteiger partial charge on any atom is 0.296 e. The van der Waals surface area contributed by atoms with Crippen LogP contribution in [0.15, 0.2) is 23.6 Å². The van der Waals surface area contributed by atoms with Crippen LogP contribution in [0, 0.1) is 0 Å². The van der Waals surface area contributed by atoms with E-state index in [1.54, 1.807) is 25.6 Å². The molecule has 0 fully saturated rings. The fourth-order valence-electron chi connectivity index (χ4n) is 0.658. The van der Waals surface area contributed by atoms with Crippen molar-refractivity contribution in [1.29, 1.82) is 0 Å². The number of rotatable bonds is 6. The summed E-state index contributed by atoms with van der Waals surface area (Å²) in [5, 5.41) is 0. The predicted octanol–water partition coefficient (Wildman–Crippen LogP) is 2.39. The fraction of sp³-hybridized carbons (Fsp3) is 0.500. The van der Waals surface area contributed by atoms with Gasteiger partial charge in [-0.1, -0.05) is 23.6 Å². The van der Waals surface area contributed by atoms with Gasteiger partial charge in [0.1, 0.15) is 0 Å². The molecule has 0 aliphatic heterocycles. The molecule has 0 spiro atoms. The lowest BCUT2D eigenvalue weighted by Crippen LogP contribution is -2.12. The fourth-order valence-corrected chi connectivity index (χ4v) is 2.66. The van der Waals surface area contributed by atoms with E-state index in [2.05, 4.69) is 0 Å². The molecule has 0 aromatic carbocycles. The summed E-state index contributed by atoms with van der Waals surface area (Å²) < 4.78 is 9.66. The number of ether oxygens (including phenoxy) is 2. The topological polar surface area (TPSA) is 18.5 Å². The predicted molar refractivity (Wildman–Crippen MR) is 59.5 cm³/mol. The minimum atomic E-state index is -2.35. The highest BCUT2D eigenvalue weighted by Gasteiger charge is 2.19. The lowest BCUT2D eigenvalue weighted by Gasteiger charge is -2.04. The molecule has 0 N–H and O–H groups in total. The molecule has 0 unspecified atom stereocenters. The van der Waals surface area contributed by atoms with Crippen molar-refractivity contribution in [3.63, 3.8) is 0 Å². The Morgan fingerprint density at radius 2 is 1.38 bits per heavy atom. The van der Waals surface area contributed by atoms with Crippen molar-refractivity contribution in [3.8, 4) is 0 Å². The van der Waals surface area contributed by atoms with E-state index in [1.165, 1.54) is 0 Å². The largest absolute Gasteiger partial charge is 0.381 e. The third kappa shape index (κ3) is 8.52. The summed E-state index contributed by atoms with van der Waals surface area (Å²) in [4.78, 5) is 0. The van der Waals surface area contributed by atoms with Crippen LogP contribution in [0.3, 0.4) is 0 Å². The third-order valence-electron chi connectivity index (χ3n) is 1.21. The van der Waals surface area contributed by atoms with Gasteiger partial charge in [-0.2, -0.15) is 0 Å². The SMILES string of the molecule is COCC=C[Si](Cl)(Cl)C=CCOC. The lowest BCUT2D eigenvalue weighted by molar-refractivity contribution is 0.234. The Kier molecular flexibility index (Phi) is 7.70. The second-order valence-corrected chi connectivity index (χ2v) is 8.74. The summed E-state index contributed by atoms with van der Waals surface area (Å²) in [7, 11) is 3.24. The lowest BCUT2D eigenvalue weighted by atomic mass is 10.7. The van der Waals surface area contributed by atoms with Crippen LogP contribution in [-0.2, 0) is 9.47 Å². The molecule has 0 rings (SSSR count). The van der Waals surface area contributed by atoms with Gasteiger partial charge in [0.25, 0.3) is 6.69 Å². The molecule has 0 saturated heterocycles. The van der Waals surface area contributed by atoms with E-state index in [-0.39, 0.29) is 0 Å². The van der Waals surface area contributed by atoms with Gasteiger partial charge in [0.05, 0.1) is 13.2 Å². The molecule has 76 valence electrons. The van der Waals surface area contributed by atoms with Crippen molar-refractivity contribution in [2.24, 2.45) is 0 Å². The van der Waals surface area contributed by atoms with Crippen LogP contribution in [0.25, 0.3) is 0 Å². The summed E-state index contributed by atoms with van der Waals surface area (Å²) in [6, 6.07) is 0. The quantitative estimate of drug-likeness (QED) is 0.525. The van der Waals surface area contributed by atoms with Crippen molar-refractivity contribution >= 4 is 28.9 Å². The molecule has 0 aromatic heterocycles. The van der Waals surface area contributed by atoms with Gasteiger partial charge >= 0.3 is 0 Å². The van der Waals surface area contributed by atoms with E-state index < -0.39 is 6.69 Å². The maximum absolute atomic E-state index is 6.03. The monoisotopic (exact) mass is 240 g/mol. The summed E-state index contributed by atoms with van der Waals surface area (Å²) in [5.41, 5.74) is 3.59. The highest BCUT2D eigenvalue weighted by Crippen LogP contribution is 2.17. The Bertz CT molecular complexity index is 163. The third-order valence-corrected chi connectivity index (χ3v) is 4.08. The van der Waals surface area contributed by atoms with Crippen molar-refractivity contribution in [2.45, 2.75) is 0 Å². The van der Waals surface area contributed by atoms with Gasteiger partial charge in [-0.25, -0.2) is 0 Å². The molecule has 0 amide bonds. The van der Waals surface area contributed by atoms with Crippen LogP contribution >= 0.6 is 22.2 Å². The Balaban J connectivity index is 3.91. The Hall–Kier alpha value is 0.197. The molecule has 0 radical (unpaired) electrons. The van der Waals surface area contributed by atoms with Crippen LogP contribution in [0.4, 0.5) is 0 Å². The highest BCUT2D eigenvalue weighted by molar-refractivity contribution is 7.49. The highest BCUT2D eigenvalue weighted by atomic mass is 35.7. The average molecular weight is 241 g/mol. The smallest absolute Gasteiger partial charge is 0.296 e. The molecule has 0 atom stereocenters. The van der Waals surface area contributed by atoms with E-state index >= 15 is 0 Å². The van der Waals surface area contributed by atoms with Gasteiger partial charge in [-0.05, 0) is 0 Å². The van der Waals surface area contributed by atoms with Gasteiger partial charge in [-0.15, -0.1) is 22.2 Å². The second kappa shape index (κ2) is 7.59. The molecule has 0 saturated carbocycles. The molecular formula is C8H14Cl2O2Si. The van der Waals surface area contributed by atoms with Crippen LogP contribution in [0.1, 0.15) is 0 Å². The Morgan fingerprint density at radius 1 is 1.00 bits per heavy atom. The van der Waals surface area contributed by atoms with Gasteiger partial charge in [0.15, 0.2) is 0 Å². The van der Waals surface area contributed by atoms with Crippen molar-refractivity contribution in [3.05, 3.63) is 23.6 Å². The van der Waals surface area contributed by atoms with Crippen LogP contribution in [0.2, 0.25) is 0 Å². The first-order valence-corrected chi connectivity index (χ1v) is 8.01. The molecular weight excluding hydrogens is 227 g/mol. The molecule has 0 bridgehead atoms. The first-order valence-electron chi connectivity index (χ1n) is 3.83. The van der Waals surface area contributed by atoms with Gasteiger partial charge in [0.2, 0.25) is 0 Å². The molecule has 13 heavy (non-hydrogen) atoms. The summed E-state index contributed by atoms with van der Waals surface area (Å²) >= 11 is 12.1. The van der Waals surface area contributed by atoms with Gasteiger partial charge in [-0.3, -0.25) is 0 Å². The van der Waals surface area contributed by atoms with Crippen LogP contribution < -0.4 is 0 Å². The van der Waals surface area contributed by atoms with E-state index in [9.17, 15) is 0 Å². The van der Waals surface area contributed by atoms with E-state index in [0.717, 1.165) is 0 Å². The molecule has 5 heteroatoms. The minimum absolute atomic E-state index is 0.534. The van der Waals surface area contributed by atoms with E-state index in [1.807, 2.05) is 12.2 Å². The van der Waals surface area contributed by atoms with Crippen molar-refractivity contribution in [1.82, 2.24) is 0 Å². The minimum Gasteiger partial charge on any atom is -0.381 e. The standard InChI is InChI=1S/C8H14Cl2O2Si/c1-11-5-3-7-13(9,10)8-4-6-12-2/h3-4,7-8H,5-6H2,1-2H3. The molecule has 0 aliphatic carbocycles. The van der Waals surface area contributed by atoms with E-state index in [4.69, 9.17) is 31.6 Å². The number of hydrogen-bond acceptors (Lipinski definition) is 2. The zero-order valence-corrected chi connectivity index (χ0v) is 10.3. The molecule has 0 aromatic rings. The number of methoxy groups -OCH3 is 2. The number of hydrogen-bond donors (Lipinski definition) is 0. The summed E-state index contributed by atoms with van der Waals surface area (Å²) in [5.74, 6) is 0. The first kappa shape index (κ1) is 13.2. The number of halogens is 2. The molecule has 0 heterocycles.